The van der Waals surface area contributed by atoms with Crippen LogP contribution < -0.4 is 10.0 Å². The van der Waals surface area contributed by atoms with Gasteiger partial charge in [-0.15, -0.1) is 0 Å². The van der Waals surface area contributed by atoms with Crippen LogP contribution in [0.3, 0.4) is 0 Å². The molecule has 0 fully saturated rings. The molecule has 5 nitrogen and oxygen atoms in total. The average Bonchev–Trinajstić information content (AvgIpc) is 2.77. The van der Waals surface area contributed by atoms with E-state index in [-0.39, 0.29) is 16.8 Å². The van der Waals surface area contributed by atoms with Crippen LogP contribution in [0.1, 0.15) is 57.1 Å². The molecule has 0 radical (unpaired) electrons. The van der Waals surface area contributed by atoms with Crippen molar-refractivity contribution < 1.29 is 13.2 Å². The number of nitrogens with one attached hydrogen (secondary N) is 2. The first-order valence-corrected chi connectivity index (χ1v) is 12.3. The number of amides is 1. The number of rotatable bonds is 5. The highest BCUT2D eigenvalue weighted by Crippen LogP contribution is 2.30. The Kier molecular flexibility index (Phi) is 6.07. The molecule has 6 heteroatoms. The highest BCUT2D eigenvalue weighted by atomic mass is 32.2. The van der Waals surface area contributed by atoms with Gasteiger partial charge in [-0.2, -0.15) is 0 Å². The molecular formula is C26H28N2O3S. The lowest BCUT2D eigenvalue weighted by molar-refractivity contribution is 0.0932. The minimum atomic E-state index is -3.85. The molecule has 1 unspecified atom stereocenters. The van der Waals surface area contributed by atoms with E-state index in [1.807, 2.05) is 38.1 Å². The van der Waals surface area contributed by atoms with Gasteiger partial charge in [0.1, 0.15) is 0 Å². The maximum atomic E-state index is 13.2. The number of fused-ring (bicyclic) bond motifs is 1. The van der Waals surface area contributed by atoms with Gasteiger partial charge in [-0.25, -0.2) is 8.42 Å². The fourth-order valence-corrected chi connectivity index (χ4v) is 5.63. The Labute approximate surface area is 189 Å². The maximum Gasteiger partial charge on any atom is 0.262 e. The first kappa shape index (κ1) is 22.1. The van der Waals surface area contributed by atoms with Crippen molar-refractivity contribution in [2.75, 3.05) is 4.72 Å². The van der Waals surface area contributed by atoms with Gasteiger partial charge in [0, 0.05) is 5.56 Å². The summed E-state index contributed by atoms with van der Waals surface area (Å²) < 4.78 is 29.0. The van der Waals surface area contributed by atoms with Crippen LogP contribution in [-0.2, 0) is 16.4 Å². The van der Waals surface area contributed by atoms with Crippen molar-refractivity contribution in [3.8, 4) is 0 Å². The van der Waals surface area contributed by atoms with Gasteiger partial charge in [-0.05, 0) is 86.1 Å². The molecular weight excluding hydrogens is 420 g/mol. The number of hydrogen-bond acceptors (Lipinski definition) is 3. The van der Waals surface area contributed by atoms with Gasteiger partial charge in [0.25, 0.3) is 15.9 Å². The van der Waals surface area contributed by atoms with Gasteiger partial charge >= 0.3 is 0 Å². The molecule has 3 aromatic carbocycles. The highest BCUT2D eigenvalue weighted by molar-refractivity contribution is 7.92. The summed E-state index contributed by atoms with van der Waals surface area (Å²) in [6.07, 6.45) is 2.89. The topological polar surface area (TPSA) is 75.3 Å². The molecule has 0 spiro atoms. The summed E-state index contributed by atoms with van der Waals surface area (Å²) in [6.45, 7) is 5.55. The smallest absolute Gasteiger partial charge is 0.262 e. The zero-order valence-corrected chi connectivity index (χ0v) is 19.4. The summed E-state index contributed by atoms with van der Waals surface area (Å²) in [4.78, 5) is 13.2. The Morgan fingerprint density at radius 1 is 0.938 bits per heavy atom. The number of sulfonamides is 1. The van der Waals surface area contributed by atoms with Gasteiger partial charge in [0.2, 0.25) is 0 Å². The zero-order valence-electron chi connectivity index (χ0n) is 18.6. The van der Waals surface area contributed by atoms with Crippen LogP contribution in [-0.4, -0.2) is 14.3 Å². The minimum absolute atomic E-state index is 0.0677. The summed E-state index contributed by atoms with van der Waals surface area (Å²) >= 11 is 0. The van der Waals surface area contributed by atoms with Crippen LogP contribution in [0.15, 0.2) is 65.6 Å². The summed E-state index contributed by atoms with van der Waals surface area (Å²) in [5.74, 6) is -0.269. The fraction of sp³-hybridized carbons (Fsp3) is 0.269. The summed E-state index contributed by atoms with van der Waals surface area (Å²) in [7, 11) is -3.85. The quantitative estimate of drug-likeness (QED) is 0.562. The Morgan fingerprint density at radius 2 is 1.72 bits per heavy atom. The first-order chi connectivity index (χ1) is 15.3. The molecule has 166 valence electrons. The Morgan fingerprint density at radius 3 is 2.53 bits per heavy atom. The standard InChI is InChI=1S/C26H28N2O3S/c1-17-8-6-12-23(19(17)3)28-32(30,31)25-16-21(15-14-18(25)2)26(29)27-24-13-7-10-20-9-4-5-11-22(20)24/h4-6,8-9,11-12,14-16,24,28H,7,10,13H2,1-3H3,(H,27,29). The molecule has 0 saturated carbocycles. The number of carbonyl (C=O) groups excluding carboxylic acids is 1. The van der Waals surface area contributed by atoms with Crippen LogP contribution in [0.5, 0.6) is 0 Å². The Hall–Kier alpha value is -3.12. The number of benzene rings is 3. The van der Waals surface area contributed by atoms with E-state index in [4.69, 9.17) is 0 Å². The second kappa shape index (κ2) is 8.79. The second-order valence-corrected chi connectivity index (χ2v) is 10.1. The van der Waals surface area contributed by atoms with E-state index in [2.05, 4.69) is 22.2 Å². The lowest BCUT2D eigenvalue weighted by Gasteiger charge is -2.26. The lowest BCUT2D eigenvalue weighted by Crippen LogP contribution is -2.31. The first-order valence-electron chi connectivity index (χ1n) is 10.8. The SMILES string of the molecule is Cc1ccc(C(=O)NC2CCCc3ccccc32)cc1S(=O)(=O)Nc1cccc(C)c1C. The monoisotopic (exact) mass is 448 g/mol. The van der Waals surface area contributed by atoms with E-state index in [9.17, 15) is 13.2 Å². The van der Waals surface area contributed by atoms with Crippen molar-refractivity contribution in [2.45, 2.75) is 51.0 Å². The van der Waals surface area contributed by atoms with Crippen LogP contribution in [0.4, 0.5) is 5.69 Å². The van der Waals surface area contributed by atoms with Crippen LogP contribution >= 0.6 is 0 Å². The zero-order chi connectivity index (χ0) is 22.9. The van der Waals surface area contributed by atoms with E-state index in [1.165, 1.54) is 11.6 Å². The van der Waals surface area contributed by atoms with Crippen molar-refractivity contribution >= 4 is 21.6 Å². The Bertz CT molecular complexity index is 1280. The molecule has 0 aromatic heterocycles. The molecule has 1 amide bonds. The fourth-order valence-electron chi connectivity index (χ4n) is 4.24. The number of hydrogen-bond donors (Lipinski definition) is 2. The summed E-state index contributed by atoms with van der Waals surface area (Å²) in [6, 6.07) is 18.4. The van der Waals surface area contributed by atoms with Crippen molar-refractivity contribution in [2.24, 2.45) is 0 Å². The van der Waals surface area contributed by atoms with Gasteiger partial charge in [-0.3, -0.25) is 9.52 Å². The van der Waals surface area contributed by atoms with Gasteiger partial charge < -0.3 is 5.32 Å². The molecule has 1 atom stereocenters. The summed E-state index contributed by atoms with van der Waals surface area (Å²) in [5.41, 5.74) is 5.74. The normalized spacial score (nSPS) is 15.7. The molecule has 4 rings (SSSR count). The second-order valence-electron chi connectivity index (χ2n) is 8.45. The van der Waals surface area contributed by atoms with Crippen molar-refractivity contribution in [1.29, 1.82) is 0 Å². The molecule has 0 heterocycles. The molecule has 2 N–H and O–H groups in total. The third kappa shape index (κ3) is 4.41. The molecule has 0 bridgehead atoms. The van der Waals surface area contributed by atoms with Gasteiger partial charge in [-0.1, -0.05) is 42.5 Å². The highest BCUT2D eigenvalue weighted by Gasteiger charge is 2.24. The molecule has 3 aromatic rings. The predicted molar refractivity (Wildman–Crippen MR) is 127 cm³/mol. The molecule has 1 aliphatic rings. The van der Waals surface area contributed by atoms with Crippen molar-refractivity contribution in [3.05, 3.63) is 94.0 Å². The van der Waals surface area contributed by atoms with E-state index < -0.39 is 10.0 Å². The largest absolute Gasteiger partial charge is 0.345 e. The van der Waals surface area contributed by atoms with Gasteiger partial charge in [0.15, 0.2) is 0 Å². The predicted octanol–water partition coefficient (Wildman–Crippen LogP) is 5.22. The maximum absolute atomic E-state index is 13.2. The molecule has 0 aliphatic heterocycles. The number of carbonyl (C=O) groups is 1. The average molecular weight is 449 g/mol. The third-order valence-corrected chi connectivity index (χ3v) is 7.77. The minimum Gasteiger partial charge on any atom is -0.345 e. The van der Waals surface area contributed by atoms with Crippen LogP contribution in [0, 0.1) is 20.8 Å². The van der Waals surface area contributed by atoms with E-state index >= 15 is 0 Å². The van der Waals surface area contributed by atoms with E-state index in [0.717, 1.165) is 36.0 Å². The van der Waals surface area contributed by atoms with E-state index in [1.54, 1.807) is 25.1 Å². The van der Waals surface area contributed by atoms with Crippen molar-refractivity contribution in [3.63, 3.8) is 0 Å². The number of anilines is 1. The molecule has 32 heavy (non-hydrogen) atoms. The third-order valence-electron chi connectivity index (χ3n) is 6.26. The van der Waals surface area contributed by atoms with Gasteiger partial charge in [0.05, 0.1) is 16.6 Å². The van der Waals surface area contributed by atoms with E-state index in [0.29, 0.717) is 16.8 Å². The summed E-state index contributed by atoms with van der Waals surface area (Å²) in [5, 5.41) is 3.10. The van der Waals surface area contributed by atoms with Crippen molar-refractivity contribution in [1.82, 2.24) is 5.32 Å². The Balaban J connectivity index is 1.60. The molecule has 0 saturated heterocycles. The van der Waals surface area contributed by atoms with Crippen LogP contribution in [0.25, 0.3) is 0 Å². The number of aryl methyl sites for hydroxylation is 3. The lowest BCUT2D eigenvalue weighted by atomic mass is 9.87. The molecule has 1 aliphatic carbocycles. The van der Waals surface area contributed by atoms with Crippen LogP contribution in [0.2, 0.25) is 0 Å².